The SMILES string of the molecule is CC(C)(C)c1ccc(CCC(=O)NCc2nnc3n2CCCCC3)cc1. The van der Waals surface area contributed by atoms with Crippen molar-refractivity contribution in [3.63, 3.8) is 0 Å². The van der Waals surface area contributed by atoms with Crippen LogP contribution in [-0.4, -0.2) is 20.7 Å². The standard InChI is InChI=1S/C21H30N4O/c1-21(2,3)17-11-8-16(9-12-17)10-13-20(26)22-15-19-24-23-18-7-5-4-6-14-25(18)19/h8-9,11-12H,4-7,10,13-15H2,1-3H3,(H,22,26). The molecule has 0 atom stereocenters. The molecule has 1 aromatic heterocycles. The number of carbonyl (C=O) groups is 1. The lowest BCUT2D eigenvalue weighted by molar-refractivity contribution is -0.121. The molecule has 0 aliphatic carbocycles. The van der Waals surface area contributed by atoms with E-state index in [0.29, 0.717) is 13.0 Å². The van der Waals surface area contributed by atoms with E-state index in [1.54, 1.807) is 0 Å². The second-order valence-corrected chi connectivity index (χ2v) is 8.22. The first-order chi connectivity index (χ1) is 12.4. The molecule has 5 heteroatoms. The summed E-state index contributed by atoms with van der Waals surface area (Å²) in [6.45, 7) is 8.06. The molecule has 0 radical (unpaired) electrons. The van der Waals surface area contributed by atoms with Crippen molar-refractivity contribution in [2.24, 2.45) is 0 Å². The van der Waals surface area contributed by atoms with Gasteiger partial charge >= 0.3 is 0 Å². The number of nitrogens with one attached hydrogen (secondary N) is 1. The summed E-state index contributed by atoms with van der Waals surface area (Å²) in [6.07, 6.45) is 5.83. The summed E-state index contributed by atoms with van der Waals surface area (Å²) >= 11 is 0. The van der Waals surface area contributed by atoms with Crippen molar-refractivity contribution < 1.29 is 4.79 Å². The fourth-order valence-electron chi connectivity index (χ4n) is 3.37. The summed E-state index contributed by atoms with van der Waals surface area (Å²) in [6, 6.07) is 8.59. The summed E-state index contributed by atoms with van der Waals surface area (Å²) in [5, 5.41) is 11.5. The quantitative estimate of drug-likeness (QED) is 0.893. The van der Waals surface area contributed by atoms with Gasteiger partial charge in [0.1, 0.15) is 5.82 Å². The van der Waals surface area contributed by atoms with Crippen molar-refractivity contribution in [3.8, 4) is 0 Å². The number of aromatic nitrogens is 3. The maximum absolute atomic E-state index is 12.2. The van der Waals surface area contributed by atoms with Crippen LogP contribution < -0.4 is 5.32 Å². The number of fused-ring (bicyclic) bond motifs is 1. The van der Waals surface area contributed by atoms with Gasteiger partial charge in [0.25, 0.3) is 0 Å². The largest absolute Gasteiger partial charge is 0.349 e. The molecule has 5 nitrogen and oxygen atoms in total. The van der Waals surface area contributed by atoms with E-state index in [1.165, 1.54) is 24.0 Å². The van der Waals surface area contributed by atoms with Crippen LogP contribution in [0, 0.1) is 0 Å². The second-order valence-electron chi connectivity index (χ2n) is 8.22. The number of benzene rings is 1. The maximum atomic E-state index is 12.2. The van der Waals surface area contributed by atoms with Crippen LogP contribution in [0.25, 0.3) is 0 Å². The number of rotatable bonds is 5. The monoisotopic (exact) mass is 354 g/mol. The first kappa shape index (κ1) is 18.6. The molecule has 0 saturated heterocycles. The highest BCUT2D eigenvalue weighted by Gasteiger charge is 2.15. The molecule has 0 fully saturated rings. The topological polar surface area (TPSA) is 59.8 Å². The molecule has 1 aliphatic heterocycles. The Labute approximate surface area is 156 Å². The van der Waals surface area contributed by atoms with Crippen LogP contribution in [-0.2, 0) is 36.1 Å². The molecule has 2 aromatic rings. The van der Waals surface area contributed by atoms with Gasteiger partial charge in [-0.15, -0.1) is 10.2 Å². The highest BCUT2D eigenvalue weighted by Crippen LogP contribution is 2.22. The van der Waals surface area contributed by atoms with E-state index in [0.717, 1.165) is 37.5 Å². The van der Waals surface area contributed by atoms with Gasteiger partial charge in [0.05, 0.1) is 6.54 Å². The number of hydrogen-bond donors (Lipinski definition) is 1. The smallest absolute Gasteiger partial charge is 0.220 e. The summed E-state index contributed by atoms with van der Waals surface area (Å²) in [7, 11) is 0. The van der Waals surface area contributed by atoms with Gasteiger partial charge in [0, 0.05) is 19.4 Å². The van der Waals surface area contributed by atoms with Crippen molar-refractivity contribution >= 4 is 5.91 Å². The Bertz CT molecular complexity index is 740. The minimum atomic E-state index is 0.0656. The van der Waals surface area contributed by atoms with E-state index in [-0.39, 0.29) is 11.3 Å². The molecule has 0 bridgehead atoms. The van der Waals surface area contributed by atoms with E-state index in [1.807, 2.05) is 0 Å². The molecule has 26 heavy (non-hydrogen) atoms. The normalized spacial score (nSPS) is 14.6. The highest BCUT2D eigenvalue weighted by molar-refractivity contribution is 5.76. The van der Waals surface area contributed by atoms with Crippen molar-refractivity contribution in [2.75, 3.05) is 0 Å². The third-order valence-corrected chi connectivity index (χ3v) is 5.09. The van der Waals surface area contributed by atoms with Crippen molar-refractivity contribution in [2.45, 2.75) is 77.8 Å². The molecule has 0 unspecified atom stereocenters. The number of carbonyl (C=O) groups excluding carboxylic acids is 1. The van der Waals surface area contributed by atoms with Gasteiger partial charge in [-0.05, 0) is 35.8 Å². The zero-order valence-electron chi connectivity index (χ0n) is 16.2. The molecule has 2 heterocycles. The third-order valence-electron chi connectivity index (χ3n) is 5.09. The Morgan fingerprint density at radius 3 is 2.62 bits per heavy atom. The number of amides is 1. The van der Waals surface area contributed by atoms with Gasteiger partial charge in [0.15, 0.2) is 5.82 Å². The van der Waals surface area contributed by atoms with Crippen LogP contribution in [0.4, 0.5) is 0 Å². The Kier molecular flexibility index (Phi) is 5.74. The van der Waals surface area contributed by atoms with Gasteiger partial charge < -0.3 is 9.88 Å². The molecule has 1 amide bonds. The zero-order chi connectivity index (χ0) is 18.6. The van der Waals surface area contributed by atoms with E-state index in [2.05, 4.69) is 65.1 Å². The zero-order valence-corrected chi connectivity index (χ0v) is 16.2. The molecular weight excluding hydrogens is 324 g/mol. The molecular formula is C21H30N4O. The predicted molar refractivity (Wildman–Crippen MR) is 103 cm³/mol. The average Bonchev–Trinajstić information content (AvgIpc) is 2.84. The van der Waals surface area contributed by atoms with Gasteiger partial charge in [-0.3, -0.25) is 4.79 Å². The van der Waals surface area contributed by atoms with Crippen molar-refractivity contribution in [1.29, 1.82) is 0 Å². The number of aryl methyl sites for hydroxylation is 2. The van der Waals surface area contributed by atoms with Crippen LogP contribution in [0.15, 0.2) is 24.3 Å². The first-order valence-electron chi connectivity index (χ1n) is 9.70. The molecule has 3 rings (SSSR count). The minimum absolute atomic E-state index is 0.0656. The predicted octanol–water partition coefficient (Wildman–Crippen LogP) is 3.55. The van der Waals surface area contributed by atoms with E-state index < -0.39 is 0 Å². The first-order valence-corrected chi connectivity index (χ1v) is 9.70. The van der Waals surface area contributed by atoms with Crippen LogP contribution in [0.3, 0.4) is 0 Å². The lowest BCUT2D eigenvalue weighted by Gasteiger charge is -2.19. The second kappa shape index (κ2) is 8.02. The lowest BCUT2D eigenvalue weighted by atomic mass is 9.86. The van der Waals surface area contributed by atoms with Gasteiger partial charge in [-0.1, -0.05) is 51.5 Å². The van der Waals surface area contributed by atoms with Gasteiger partial charge in [-0.25, -0.2) is 0 Å². The highest BCUT2D eigenvalue weighted by atomic mass is 16.1. The van der Waals surface area contributed by atoms with Gasteiger partial charge in [-0.2, -0.15) is 0 Å². The Balaban J connectivity index is 1.48. The summed E-state index contributed by atoms with van der Waals surface area (Å²) in [5.41, 5.74) is 2.68. The molecule has 0 spiro atoms. The Hall–Kier alpha value is -2.17. The molecule has 1 aliphatic rings. The molecule has 140 valence electrons. The Morgan fingerprint density at radius 1 is 1.12 bits per heavy atom. The molecule has 0 saturated carbocycles. The lowest BCUT2D eigenvalue weighted by Crippen LogP contribution is -2.25. The fraction of sp³-hybridized carbons (Fsp3) is 0.571. The maximum Gasteiger partial charge on any atom is 0.220 e. The fourth-order valence-corrected chi connectivity index (χ4v) is 3.37. The summed E-state index contributed by atoms with van der Waals surface area (Å²) < 4.78 is 2.18. The van der Waals surface area contributed by atoms with Crippen molar-refractivity contribution in [1.82, 2.24) is 20.1 Å². The third kappa shape index (κ3) is 4.71. The summed E-state index contributed by atoms with van der Waals surface area (Å²) in [4.78, 5) is 12.2. The van der Waals surface area contributed by atoms with Crippen LogP contribution in [0.2, 0.25) is 0 Å². The van der Waals surface area contributed by atoms with Crippen LogP contribution in [0.1, 0.15) is 69.2 Å². The minimum Gasteiger partial charge on any atom is -0.349 e. The van der Waals surface area contributed by atoms with Crippen molar-refractivity contribution in [3.05, 3.63) is 47.0 Å². The average molecular weight is 354 g/mol. The van der Waals surface area contributed by atoms with Gasteiger partial charge in [0.2, 0.25) is 5.91 Å². The van der Waals surface area contributed by atoms with E-state index in [4.69, 9.17) is 0 Å². The van der Waals surface area contributed by atoms with Crippen LogP contribution >= 0.6 is 0 Å². The van der Waals surface area contributed by atoms with Crippen LogP contribution in [0.5, 0.6) is 0 Å². The molecule has 1 aromatic carbocycles. The summed E-state index contributed by atoms with van der Waals surface area (Å²) in [5.74, 6) is 2.01. The van der Waals surface area contributed by atoms with E-state index >= 15 is 0 Å². The Morgan fingerprint density at radius 2 is 1.88 bits per heavy atom. The molecule has 1 N–H and O–H groups in total. The number of hydrogen-bond acceptors (Lipinski definition) is 3. The number of nitrogens with zero attached hydrogens (tertiary/aromatic N) is 3. The van der Waals surface area contributed by atoms with E-state index in [9.17, 15) is 4.79 Å².